The standard InChI is InChI=1S/C35H37FN8O7S/c1-41-28-15-22(3-5-26(28)44(35(41)49)27-6-7-30(46)39-34(27)48)20-8-11-42(12-9-20)13-10-38-18-24(17-37)21-2-4-25-23(14-21)16-29(45)33(32(25)36)43-19-31(47)40-52(43,50)51/h2-5,14-18,20,27,45H,6-13,19,37H2,1H3,(H,40,47)(H,39,46,48). The average molecular weight is 733 g/mol. The van der Waals surface area contributed by atoms with Gasteiger partial charge >= 0.3 is 15.9 Å². The van der Waals surface area contributed by atoms with Gasteiger partial charge in [0.2, 0.25) is 11.8 Å². The second-order valence-corrected chi connectivity index (χ2v) is 14.8. The van der Waals surface area contributed by atoms with Crippen molar-refractivity contribution in [3.8, 4) is 5.75 Å². The lowest BCUT2D eigenvalue weighted by Gasteiger charge is -2.31. The maximum atomic E-state index is 15.5. The number of allylic oxidation sites excluding steroid dienone is 1. The summed E-state index contributed by atoms with van der Waals surface area (Å²) in [5, 5.41) is 13.3. The number of piperidine rings is 2. The molecule has 17 heteroatoms. The van der Waals surface area contributed by atoms with Gasteiger partial charge in [-0.3, -0.25) is 33.8 Å². The number of phenols is 1. The van der Waals surface area contributed by atoms with Crippen LogP contribution in [-0.4, -0.2) is 84.2 Å². The Hall–Kier alpha value is -5.55. The number of likely N-dealkylation sites (tertiary alicyclic amines) is 1. The van der Waals surface area contributed by atoms with Crippen molar-refractivity contribution in [1.29, 1.82) is 0 Å². The van der Waals surface area contributed by atoms with Gasteiger partial charge in [-0.1, -0.05) is 18.2 Å². The quantitative estimate of drug-likeness (QED) is 0.154. The Morgan fingerprint density at radius 3 is 2.50 bits per heavy atom. The highest BCUT2D eigenvalue weighted by Crippen LogP contribution is 2.39. The van der Waals surface area contributed by atoms with Gasteiger partial charge in [-0.25, -0.2) is 18.2 Å². The fourth-order valence-electron chi connectivity index (χ4n) is 7.33. The molecule has 3 aliphatic heterocycles. The van der Waals surface area contributed by atoms with E-state index in [4.69, 9.17) is 5.73 Å². The van der Waals surface area contributed by atoms with E-state index in [9.17, 15) is 32.7 Å². The van der Waals surface area contributed by atoms with Gasteiger partial charge in [-0.05, 0) is 79.0 Å². The van der Waals surface area contributed by atoms with Crippen LogP contribution in [-0.2, 0) is 31.6 Å². The van der Waals surface area contributed by atoms with E-state index in [-0.39, 0.29) is 29.8 Å². The van der Waals surface area contributed by atoms with E-state index < -0.39 is 51.9 Å². The lowest BCUT2D eigenvalue weighted by Crippen LogP contribution is -2.44. The molecule has 272 valence electrons. The molecule has 3 fully saturated rings. The number of nitrogens with two attached hydrogens (primary N) is 1. The number of hydrogen-bond donors (Lipinski definition) is 4. The normalized spacial score (nSPS) is 20.3. The molecule has 0 aliphatic carbocycles. The van der Waals surface area contributed by atoms with Crippen molar-refractivity contribution in [2.24, 2.45) is 17.8 Å². The van der Waals surface area contributed by atoms with Crippen molar-refractivity contribution >= 4 is 67.2 Å². The first-order valence-electron chi connectivity index (χ1n) is 16.8. The van der Waals surface area contributed by atoms with E-state index in [2.05, 4.69) is 15.2 Å². The Morgan fingerprint density at radius 2 is 1.81 bits per heavy atom. The van der Waals surface area contributed by atoms with Crippen LogP contribution in [0.2, 0.25) is 0 Å². The van der Waals surface area contributed by atoms with E-state index in [0.717, 1.165) is 43.6 Å². The van der Waals surface area contributed by atoms with Gasteiger partial charge in [0.05, 0.1) is 17.6 Å². The number of carbonyl (C=O) groups is 3. The van der Waals surface area contributed by atoms with E-state index in [1.54, 1.807) is 34.7 Å². The van der Waals surface area contributed by atoms with Crippen LogP contribution in [0, 0.1) is 5.82 Å². The Labute approximate surface area is 297 Å². The third-order valence-electron chi connectivity index (χ3n) is 10.1. The topological polar surface area (TPSA) is 201 Å². The summed E-state index contributed by atoms with van der Waals surface area (Å²) in [4.78, 5) is 55.9. The number of aromatic nitrogens is 2. The van der Waals surface area contributed by atoms with E-state index in [1.165, 1.54) is 22.9 Å². The Kier molecular flexibility index (Phi) is 9.08. The SMILES string of the molecule is Cn1c(=O)n(C2CCC(=O)NC2=O)c2ccc(C3CCN(CCN=CC(=CN)c4ccc5c(F)c(N6CC(=O)NS6(=O)=O)c(O)cc5c4)CC3)cc21. The Morgan fingerprint density at radius 1 is 1.04 bits per heavy atom. The van der Waals surface area contributed by atoms with Crippen LogP contribution in [0.1, 0.15) is 48.8 Å². The molecule has 15 nitrogen and oxygen atoms in total. The summed E-state index contributed by atoms with van der Waals surface area (Å²) >= 11 is 0. The number of carbonyl (C=O) groups excluding carboxylic acids is 3. The fourth-order valence-corrected chi connectivity index (χ4v) is 8.49. The lowest BCUT2D eigenvalue weighted by molar-refractivity contribution is -0.135. The highest BCUT2D eigenvalue weighted by Gasteiger charge is 2.38. The molecule has 0 saturated carbocycles. The molecule has 3 saturated heterocycles. The maximum Gasteiger partial charge on any atom is 0.329 e. The minimum Gasteiger partial charge on any atom is -0.506 e. The molecule has 0 radical (unpaired) electrons. The highest BCUT2D eigenvalue weighted by atomic mass is 32.2. The van der Waals surface area contributed by atoms with E-state index in [1.807, 2.05) is 18.2 Å². The first-order valence-corrected chi connectivity index (χ1v) is 18.3. The van der Waals surface area contributed by atoms with Crippen LogP contribution in [0.4, 0.5) is 10.1 Å². The molecule has 3 amide bonds. The number of aryl methyl sites for hydroxylation is 1. The highest BCUT2D eigenvalue weighted by molar-refractivity contribution is 7.92. The van der Waals surface area contributed by atoms with Crippen LogP contribution >= 0.6 is 0 Å². The van der Waals surface area contributed by atoms with Crippen LogP contribution in [0.5, 0.6) is 5.75 Å². The molecule has 4 aromatic rings. The van der Waals surface area contributed by atoms with Gasteiger partial charge in [0, 0.05) is 43.4 Å². The minimum atomic E-state index is -4.32. The van der Waals surface area contributed by atoms with Crippen molar-refractivity contribution in [3.63, 3.8) is 0 Å². The number of nitrogens with zero attached hydrogens (tertiary/aromatic N) is 5. The predicted octanol–water partition coefficient (Wildman–Crippen LogP) is 1.75. The van der Waals surface area contributed by atoms with Gasteiger partial charge in [0.25, 0.3) is 5.91 Å². The molecule has 4 heterocycles. The molecule has 3 aromatic carbocycles. The molecule has 5 N–H and O–H groups in total. The van der Waals surface area contributed by atoms with E-state index >= 15 is 4.39 Å². The number of imide groups is 1. The van der Waals surface area contributed by atoms with Crippen LogP contribution in [0.25, 0.3) is 27.4 Å². The van der Waals surface area contributed by atoms with Crippen LogP contribution in [0.3, 0.4) is 0 Å². The number of fused-ring (bicyclic) bond motifs is 2. The molecule has 1 unspecified atom stereocenters. The smallest absolute Gasteiger partial charge is 0.329 e. The van der Waals surface area contributed by atoms with Crippen molar-refractivity contribution < 1.29 is 32.3 Å². The second kappa shape index (κ2) is 13.5. The average Bonchev–Trinajstić information content (AvgIpc) is 3.53. The number of halogens is 1. The van der Waals surface area contributed by atoms with Gasteiger partial charge in [0.15, 0.2) is 5.82 Å². The number of imidazole rings is 1. The number of aromatic hydroxyl groups is 1. The van der Waals surface area contributed by atoms with Crippen molar-refractivity contribution in [3.05, 3.63) is 76.1 Å². The number of anilines is 1. The molecule has 0 spiro atoms. The summed E-state index contributed by atoms with van der Waals surface area (Å²) in [6, 6.07) is 11.1. The zero-order valence-corrected chi connectivity index (χ0v) is 29.0. The molecule has 3 aliphatic rings. The molecule has 0 bridgehead atoms. The number of nitrogens with one attached hydrogen (secondary N) is 2. The molecule has 7 rings (SSSR count). The fraction of sp³-hybridized carbons (Fsp3) is 0.343. The van der Waals surface area contributed by atoms with Gasteiger partial charge < -0.3 is 15.7 Å². The minimum absolute atomic E-state index is 0.0532. The molecular formula is C35H37FN8O7S. The van der Waals surface area contributed by atoms with Crippen molar-refractivity contribution in [1.82, 2.24) is 24.1 Å². The number of phenolic OH excluding ortho intramolecular Hbond substituents is 1. The van der Waals surface area contributed by atoms with Crippen LogP contribution in [0.15, 0.2) is 58.5 Å². The molecular weight excluding hydrogens is 695 g/mol. The summed E-state index contributed by atoms with van der Waals surface area (Å²) in [7, 11) is -2.63. The predicted molar refractivity (Wildman–Crippen MR) is 193 cm³/mol. The third-order valence-corrected chi connectivity index (χ3v) is 11.5. The Balaban J connectivity index is 0.968. The summed E-state index contributed by atoms with van der Waals surface area (Å²) in [6.45, 7) is 2.31. The number of hydrogen-bond acceptors (Lipinski definition) is 10. The summed E-state index contributed by atoms with van der Waals surface area (Å²) < 4.78 is 45.3. The lowest BCUT2D eigenvalue weighted by atomic mass is 9.89. The molecule has 1 aromatic heterocycles. The zero-order chi connectivity index (χ0) is 36.9. The number of aliphatic imine (C=N–C) groups is 1. The van der Waals surface area contributed by atoms with E-state index in [0.29, 0.717) is 38.8 Å². The first kappa shape index (κ1) is 34.9. The van der Waals surface area contributed by atoms with Gasteiger partial charge in [0.1, 0.15) is 24.0 Å². The van der Waals surface area contributed by atoms with Crippen molar-refractivity contribution in [2.75, 3.05) is 37.0 Å². The number of rotatable bonds is 8. The monoisotopic (exact) mass is 732 g/mol. The summed E-state index contributed by atoms with van der Waals surface area (Å²) in [5.41, 5.74) is 8.74. The Bertz CT molecular complexity index is 2380. The van der Waals surface area contributed by atoms with Gasteiger partial charge in [-0.15, -0.1) is 0 Å². The zero-order valence-electron chi connectivity index (χ0n) is 28.2. The number of amides is 3. The summed E-state index contributed by atoms with van der Waals surface area (Å²) in [5.74, 6) is -2.92. The van der Waals surface area contributed by atoms with Crippen molar-refractivity contribution in [2.45, 2.75) is 37.6 Å². The second-order valence-electron chi connectivity index (χ2n) is 13.2. The maximum absolute atomic E-state index is 15.5. The third kappa shape index (κ3) is 6.30. The largest absolute Gasteiger partial charge is 0.506 e. The summed E-state index contributed by atoms with van der Waals surface area (Å²) in [6.07, 6.45) is 5.32. The first-order chi connectivity index (χ1) is 24.9. The van der Waals surface area contributed by atoms with Gasteiger partial charge in [-0.2, -0.15) is 8.42 Å². The number of benzene rings is 3. The molecule has 1 atom stereocenters. The van der Waals surface area contributed by atoms with Crippen LogP contribution < -0.4 is 25.8 Å². The molecule has 52 heavy (non-hydrogen) atoms.